The van der Waals surface area contributed by atoms with E-state index < -0.39 is 17.7 Å². The zero-order valence-electron chi connectivity index (χ0n) is 17.0. The Morgan fingerprint density at radius 1 is 1.11 bits per heavy atom. The summed E-state index contributed by atoms with van der Waals surface area (Å²) in [7, 11) is 0. The predicted molar refractivity (Wildman–Crippen MR) is 133 cm³/mol. The van der Waals surface area contributed by atoms with Crippen LogP contribution in [0.4, 0.5) is 5.69 Å². The number of rotatable bonds is 3. The number of halogens is 3. The maximum absolute atomic E-state index is 4.10. The third-order valence-electron chi connectivity index (χ3n) is 4.72. The van der Waals surface area contributed by atoms with E-state index in [9.17, 15) is 0 Å². The SMILES string of the molecule is CC1=[C]([Zr]([CH3])([CH3])(=[SiH2])[NH]C(C)(C)C)C2=CC(I)N(c3ccccc3)C2=C1.Cl.Cl. The molecule has 1 N–H and O–H groups in total. The van der Waals surface area contributed by atoms with Crippen LogP contribution in [0.3, 0.4) is 0 Å². The Labute approximate surface area is 193 Å². The van der Waals surface area contributed by atoms with Gasteiger partial charge in [-0.1, -0.05) is 0 Å². The van der Waals surface area contributed by atoms with Crippen molar-refractivity contribution in [3.05, 3.63) is 62.6 Å². The fourth-order valence-electron chi connectivity index (χ4n) is 4.61. The first-order valence-electron chi connectivity index (χ1n) is 8.89. The molecule has 0 fully saturated rings. The summed E-state index contributed by atoms with van der Waals surface area (Å²) in [6, 6.07) is 10.8. The molecule has 0 saturated carbocycles. The largest absolute Gasteiger partial charge is 0.147 e. The Morgan fingerprint density at radius 2 is 1.67 bits per heavy atom. The van der Waals surface area contributed by atoms with Gasteiger partial charge >= 0.3 is 170 Å². The summed E-state index contributed by atoms with van der Waals surface area (Å²) in [6.07, 6.45) is 4.87. The number of allylic oxidation sites excluding steroid dienone is 3. The molecule has 1 heterocycles. The molecular formula is C20H31Cl2IN2SiZr. The van der Waals surface area contributed by atoms with Crippen LogP contribution in [0.1, 0.15) is 27.7 Å². The van der Waals surface area contributed by atoms with Crippen LogP contribution in [0.2, 0.25) is 9.26 Å². The molecule has 1 atom stereocenters. The van der Waals surface area contributed by atoms with Gasteiger partial charge in [-0.3, -0.25) is 0 Å². The zero-order chi connectivity index (χ0) is 18.6. The van der Waals surface area contributed by atoms with Crippen LogP contribution in [0.25, 0.3) is 0 Å². The Balaban J connectivity index is 0.00000182. The van der Waals surface area contributed by atoms with Gasteiger partial charge in [-0.05, 0) is 0 Å². The van der Waals surface area contributed by atoms with Gasteiger partial charge in [-0.15, -0.1) is 24.8 Å². The van der Waals surface area contributed by atoms with Gasteiger partial charge < -0.3 is 0 Å². The van der Waals surface area contributed by atoms with Gasteiger partial charge in [0.15, 0.2) is 0 Å². The summed E-state index contributed by atoms with van der Waals surface area (Å²) < 4.78 is 11.2. The molecule has 0 spiro atoms. The first-order chi connectivity index (χ1) is 11.4. The summed E-state index contributed by atoms with van der Waals surface area (Å²) in [4.78, 5) is 2.47. The number of anilines is 1. The van der Waals surface area contributed by atoms with Crippen molar-refractivity contribution in [3.8, 4) is 0 Å². The summed E-state index contributed by atoms with van der Waals surface area (Å²) in [6.45, 7) is 11.4. The molecular weight excluding hydrogens is 585 g/mol. The van der Waals surface area contributed by atoms with E-state index in [1.54, 1.807) is 3.28 Å². The maximum atomic E-state index is 4.10. The second-order valence-electron chi connectivity index (χ2n) is 9.31. The molecule has 1 aromatic carbocycles. The third kappa shape index (κ3) is 5.21. The minimum absolute atomic E-state index is 0. The third-order valence-corrected chi connectivity index (χ3v) is 18.2. The summed E-state index contributed by atoms with van der Waals surface area (Å²) in [5.41, 5.74) is 5.72. The van der Waals surface area contributed by atoms with Crippen molar-refractivity contribution in [2.45, 2.75) is 46.5 Å². The molecule has 3 rings (SSSR count). The smallest absolute Gasteiger partial charge is 0.147 e. The number of fused-ring (bicyclic) bond motifs is 1. The average molecular weight is 617 g/mol. The molecule has 0 amide bonds. The van der Waals surface area contributed by atoms with E-state index in [4.69, 9.17) is 0 Å². The van der Waals surface area contributed by atoms with E-state index in [1.807, 2.05) is 0 Å². The summed E-state index contributed by atoms with van der Waals surface area (Å²) in [5, 5.41) is 0. The number of hydrogen-bond acceptors (Lipinski definition) is 2. The fourth-order valence-corrected chi connectivity index (χ4v) is 23.7. The monoisotopic (exact) mass is 614 g/mol. The topological polar surface area (TPSA) is 15.3 Å². The number of nitrogens with one attached hydrogen (secondary N) is 1. The van der Waals surface area contributed by atoms with Crippen LogP contribution in [-0.2, 0) is 17.7 Å². The van der Waals surface area contributed by atoms with Gasteiger partial charge in [-0.2, -0.15) is 0 Å². The van der Waals surface area contributed by atoms with E-state index in [0.717, 1.165) is 0 Å². The Kier molecular flexibility index (Phi) is 7.97. The van der Waals surface area contributed by atoms with Gasteiger partial charge in [0, 0.05) is 0 Å². The van der Waals surface area contributed by atoms with Crippen LogP contribution in [0, 0.1) is 0 Å². The van der Waals surface area contributed by atoms with E-state index in [0.29, 0.717) is 4.05 Å². The molecule has 1 aromatic rings. The number of hydrogen-bond donors (Lipinski definition) is 1. The standard InChI is InChI=1S/C14H11IN.C4H10N.2CH3.2ClH.H2Si.Zr/c1-10-7-11-9-14(15)16(13(11)8-10)12-5-3-2-4-6-12;1-4(2,3)5;;;;;;/h2-6,8-9,14H,1H3;5H,1-3H3;2*1H3;2*1H;1H2;/q;-1;;;;;;+1. The number of alkyl halides is 1. The second-order valence-corrected chi connectivity index (χ2v) is 38.2. The summed E-state index contributed by atoms with van der Waals surface area (Å²) >= 11 is -0.667. The van der Waals surface area contributed by atoms with Gasteiger partial charge in [0.2, 0.25) is 0 Å². The van der Waals surface area contributed by atoms with E-state index >= 15 is 0 Å². The Morgan fingerprint density at radius 3 is 2.19 bits per heavy atom. The molecule has 2 nitrogen and oxygen atoms in total. The maximum Gasteiger partial charge on any atom is -0.147 e. The number of benzene rings is 1. The quantitative estimate of drug-likeness (QED) is 0.199. The van der Waals surface area contributed by atoms with Crippen LogP contribution < -0.4 is 8.16 Å². The molecule has 150 valence electrons. The molecule has 1 aliphatic heterocycles. The van der Waals surface area contributed by atoms with Gasteiger partial charge in [0.05, 0.1) is 0 Å². The van der Waals surface area contributed by atoms with Crippen molar-refractivity contribution in [2.75, 3.05) is 4.90 Å². The molecule has 1 unspecified atom stereocenters. The normalized spacial score (nSPS) is 19.9. The average Bonchev–Trinajstić information content (AvgIpc) is 2.88. The Hall–Kier alpha value is 0.610. The molecule has 0 aromatic heterocycles. The Bertz CT molecular complexity index is 879. The van der Waals surface area contributed by atoms with Gasteiger partial charge in [0.25, 0.3) is 0 Å². The molecule has 0 radical (unpaired) electrons. The summed E-state index contributed by atoms with van der Waals surface area (Å²) in [5.74, 6) is 0. The fraction of sp³-hybridized carbons (Fsp3) is 0.400. The van der Waals surface area contributed by atoms with Gasteiger partial charge in [-0.25, -0.2) is 0 Å². The molecule has 2 aliphatic rings. The molecule has 27 heavy (non-hydrogen) atoms. The van der Waals surface area contributed by atoms with Crippen molar-refractivity contribution in [3.63, 3.8) is 0 Å². The number of para-hydroxylation sites is 1. The van der Waals surface area contributed by atoms with E-state index in [-0.39, 0.29) is 30.4 Å². The van der Waals surface area contributed by atoms with Crippen molar-refractivity contribution in [2.24, 2.45) is 0 Å². The molecule has 7 heteroatoms. The first kappa shape index (κ1) is 25.6. The molecule has 0 bridgehead atoms. The second kappa shape index (κ2) is 8.39. The van der Waals surface area contributed by atoms with Crippen LogP contribution in [0.15, 0.2) is 62.6 Å². The van der Waals surface area contributed by atoms with Crippen molar-refractivity contribution < 1.29 is 17.7 Å². The van der Waals surface area contributed by atoms with E-state index in [2.05, 4.69) is 117 Å². The van der Waals surface area contributed by atoms with Gasteiger partial charge in [0.1, 0.15) is 0 Å². The van der Waals surface area contributed by atoms with Crippen LogP contribution in [-0.4, -0.2) is 16.5 Å². The predicted octanol–water partition coefficient (Wildman–Crippen LogP) is 5.85. The van der Waals surface area contributed by atoms with Crippen LogP contribution in [0.5, 0.6) is 0 Å². The number of nitrogens with zero attached hydrogens (tertiary/aromatic N) is 1. The van der Waals surface area contributed by atoms with E-state index in [1.165, 1.54) is 22.5 Å². The molecule has 0 saturated heterocycles. The minimum atomic E-state index is -3.22. The van der Waals surface area contributed by atoms with Crippen molar-refractivity contribution >= 4 is 60.0 Å². The first-order valence-corrected chi connectivity index (χ1v) is 23.4. The van der Waals surface area contributed by atoms with Crippen LogP contribution >= 0.6 is 47.4 Å². The zero-order valence-corrected chi connectivity index (χ0v) is 24.6. The minimum Gasteiger partial charge on any atom is -0.147 e. The van der Waals surface area contributed by atoms with Crippen molar-refractivity contribution in [1.82, 2.24) is 3.26 Å². The molecule has 1 aliphatic carbocycles. The van der Waals surface area contributed by atoms with Crippen molar-refractivity contribution in [1.29, 1.82) is 0 Å².